The number of nitrogens with one attached hydrogen (secondary N) is 2. The van der Waals surface area contributed by atoms with E-state index in [1.807, 2.05) is 13.8 Å². The summed E-state index contributed by atoms with van der Waals surface area (Å²) in [6.45, 7) is 6.10. The van der Waals surface area contributed by atoms with E-state index in [4.69, 9.17) is 0 Å². The van der Waals surface area contributed by atoms with Gasteiger partial charge in [0.1, 0.15) is 0 Å². The first kappa shape index (κ1) is 13.3. The van der Waals surface area contributed by atoms with Crippen molar-refractivity contribution in [2.75, 3.05) is 6.61 Å². The van der Waals surface area contributed by atoms with Crippen molar-refractivity contribution in [3.8, 4) is 0 Å². The van der Waals surface area contributed by atoms with Crippen molar-refractivity contribution in [3.63, 3.8) is 0 Å². The van der Waals surface area contributed by atoms with Gasteiger partial charge in [0.25, 0.3) is 0 Å². The Labute approximate surface area is 97.8 Å². The minimum Gasteiger partial charge on any atom is -0.394 e. The lowest BCUT2D eigenvalue weighted by atomic mass is 9.77. The summed E-state index contributed by atoms with van der Waals surface area (Å²) in [4.78, 5) is 11.6. The average molecular weight is 228 g/mol. The van der Waals surface area contributed by atoms with Crippen LogP contribution in [-0.4, -0.2) is 29.3 Å². The second-order valence-electron chi connectivity index (χ2n) is 5.37. The smallest absolute Gasteiger partial charge is 0.315 e. The molecule has 0 aromatic heterocycles. The number of carbonyl (C=O) groups excluding carboxylic acids is 1. The van der Waals surface area contributed by atoms with Crippen molar-refractivity contribution in [3.05, 3.63) is 0 Å². The van der Waals surface area contributed by atoms with Crippen LogP contribution in [0.4, 0.5) is 4.79 Å². The van der Waals surface area contributed by atoms with Crippen molar-refractivity contribution in [2.45, 2.75) is 58.0 Å². The molecule has 1 saturated carbocycles. The Morgan fingerprint density at radius 1 is 1.44 bits per heavy atom. The fraction of sp³-hybridized carbons (Fsp3) is 0.917. The SMILES string of the molecule is CC1CCC(CO)(NC(=O)NC(C)C)CC1. The molecule has 0 heterocycles. The van der Waals surface area contributed by atoms with Crippen LogP contribution in [0.2, 0.25) is 0 Å². The normalized spacial score (nSPS) is 30.2. The first-order valence-corrected chi connectivity index (χ1v) is 6.17. The van der Waals surface area contributed by atoms with E-state index in [0.29, 0.717) is 5.92 Å². The zero-order chi connectivity index (χ0) is 12.2. The molecule has 0 bridgehead atoms. The lowest BCUT2D eigenvalue weighted by Gasteiger charge is -2.38. The second-order valence-corrected chi connectivity index (χ2v) is 5.37. The monoisotopic (exact) mass is 228 g/mol. The quantitative estimate of drug-likeness (QED) is 0.687. The van der Waals surface area contributed by atoms with Gasteiger partial charge in [-0.3, -0.25) is 0 Å². The molecule has 2 amide bonds. The Balaban J connectivity index is 2.50. The second kappa shape index (κ2) is 5.53. The molecule has 1 aliphatic carbocycles. The molecule has 3 N–H and O–H groups in total. The summed E-state index contributed by atoms with van der Waals surface area (Å²) >= 11 is 0. The van der Waals surface area contributed by atoms with Crippen LogP contribution in [0.1, 0.15) is 46.5 Å². The van der Waals surface area contributed by atoms with Gasteiger partial charge < -0.3 is 15.7 Å². The molecule has 0 spiro atoms. The number of hydrogen-bond acceptors (Lipinski definition) is 2. The van der Waals surface area contributed by atoms with E-state index in [0.717, 1.165) is 25.7 Å². The van der Waals surface area contributed by atoms with Crippen LogP contribution in [0.25, 0.3) is 0 Å². The van der Waals surface area contributed by atoms with Gasteiger partial charge in [-0.2, -0.15) is 0 Å². The fourth-order valence-electron chi connectivity index (χ4n) is 2.18. The van der Waals surface area contributed by atoms with Gasteiger partial charge in [-0.25, -0.2) is 4.79 Å². The maximum atomic E-state index is 11.6. The summed E-state index contributed by atoms with van der Waals surface area (Å²) in [6, 6.07) is -0.0446. The molecular weight excluding hydrogens is 204 g/mol. The third kappa shape index (κ3) is 3.67. The van der Waals surface area contributed by atoms with Crippen LogP contribution in [0, 0.1) is 5.92 Å². The fourth-order valence-corrected chi connectivity index (χ4v) is 2.18. The molecule has 0 aliphatic heterocycles. The van der Waals surface area contributed by atoms with Gasteiger partial charge in [-0.15, -0.1) is 0 Å². The Kier molecular flexibility index (Phi) is 4.59. The van der Waals surface area contributed by atoms with Crippen molar-refractivity contribution in [1.29, 1.82) is 0 Å². The predicted molar refractivity (Wildman–Crippen MR) is 64.3 cm³/mol. The molecule has 4 nitrogen and oxygen atoms in total. The predicted octanol–water partition coefficient (Wildman–Crippen LogP) is 1.64. The minimum absolute atomic E-state index is 0.0330. The van der Waals surface area contributed by atoms with Crippen LogP contribution >= 0.6 is 0 Å². The van der Waals surface area contributed by atoms with Gasteiger partial charge in [0, 0.05) is 6.04 Å². The van der Waals surface area contributed by atoms with Crippen LogP contribution in [0.15, 0.2) is 0 Å². The first-order chi connectivity index (χ1) is 7.47. The third-order valence-electron chi connectivity index (χ3n) is 3.33. The van der Waals surface area contributed by atoms with Gasteiger partial charge >= 0.3 is 6.03 Å². The Morgan fingerprint density at radius 2 is 2.00 bits per heavy atom. The summed E-state index contributed by atoms with van der Waals surface area (Å²) in [7, 11) is 0. The number of amides is 2. The first-order valence-electron chi connectivity index (χ1n) is 6.17. The molecule has 0 aromatic rings. The topological polar surface area (TPSA) is 61.4 Å². The van der Waals surface area contributed by atoms with E-state index in [9.17, 15) is 9.90 Å². The lowest BCUT2D eigenvalue weighted by molar-refractivity contribution is 0.111. The van der Waals surface area contributed by atoms with Gasteiger partial charge in [0.15, 0.2) is 0 Å². The highest BCUT2D eigenvalue weighted by Crippen LogP contribution is 2.31. The molecule has 1 aliphatic rings. The van der Waals surface area contributed by atoms with E-state index < -0.39 is 5.54 Å². The minimum atomic E-state index is -0.397. The highest BCUT2D eigenvalue weighted by Gasteiger charge is 2.34. The largest absolute Gasteiger partial charge is 0.394 e. The molecule has 0 radical (unpaired) electrons. The number of aliphatic hydroxyl groups excluding tert-OH is 1. The van der Waals surface area contributed by atoms with E-state index in [1.54, 1.807) is 0 Å². The Bertz CT molecular complexity index is 233. The lowest BCUT2D eigenvalue weighted by Crippen LogP contribution is -2.56. The highest BCUT2D eigenvalue weighted by molar-refractivity contribution is 5.75. The Morgan fingerprint density at radius 3 is 2.44 bits per heavy atom. The van der Waals surface area contributed by atoms with Crippen LogP contribution in [-0.2, 0) is 0 Å². The van der Waals surface area contributed by atoms with Crippen LogP contribution in [0.3, 0.4) is 0 Å². The zero-order valence-corrected chi connectivity index (χ0v) is 10.5. The summed E-state index contributed by atoms with van der Waals surface area (Å²) in [5.74, 6) is 0.703. The zero-order valence-electron chi connectivity index (χ0n) is 10.5. The molecule has 16 heavy (non-hydrogen) atoms. The van der Waals surface area contributed by atoms with E-state index in [2.05, 4.69) is 17.6 Å². The van der Waals surface area contributed by atoms with Gasteiger partial charge in [0.05, 0.1) is 12.1 Å². The molecule has 0 unspecified atom stereocenters. The standard InChI is InChI=1S/C12H24N2O2/c1-9(2)13-11(16)14-12(8-15)6-4-10(3)5-7-12/h9-10,15H,4-8H2,1-3H3,(H2,13,14,16). The Hall–Kier alpha value is -0.770. The molecule has 4 heteroatoms. The summed E-state index contributed by atoms with van der Waals surface area (Å²) in [6.07, 6.45) is 3.89. The maximum Gasteiger partial charge on any atom is 0.315 e. The van der Waals surface area contributed by atoms with Crippen molar-refractivity contribution >= 4 is 6.03 Å². The van der Waals surface area contributed by atoms with E-state index >= 15 is 0 Å². The van der Waals surface area contributed by atoms with Gasteiger partial charge in [-0.05, 0) is 45.4 Å². The van der Waals surface area contributed by atoms with E-state index in [1.165, 1.54) is 0 Å². The molecule has 0 saturated heterocycles. The van der Waals surface area contributed by atoms with Crippen molar-refractivity contribution in [2.24, 2.45) is 5.92 Å². The van der Waals surface area contributed by atoms with Crippen LogP contribution in [0.5, 0.6) is 0 Å². The molecule has 0 atom stereocenters. The number of aliphatic hydroxyl groups is 1. The number of hydrogen-bond donors (Lipinski definition) is 3. The average Bonchev–Trinajstić information content (AvgIpc) is 2.21. The van der Waals surface area contributed by atoms with Crippen molar-refractivity contribution < 1.29 is 9.90 Å². The number of urea groups is 1. The molecule has 1 fully saturated rings. The van der Waals surface area contributed by atoms with Gasteiger partial charge in [0.2, 0.25) is 0 Å². The number of rotatable bonds is 3. The molecular formula is C12H24N2O2. The highest BCUT2D eigenvalue weighted by atomic mass is 16.3. The number of carbonyl (C=O) groups is 1. The molecule has 94 valence electrons. The summed E-state index contributed by atoms with van der Waals surface area (Å²) in [5.41, 5.74) is -0.397. The van der Waals surface area contributed by atoms with Crippen LogP contribution < -0.4 is 10.6 Å². The van der Waals surface area contributed by atoms with Crippen molar-refractivity contribution in [1.82, 2.24) is 10.6 Å². The molecule has 0 aromatic carbocycles. The summed E-state index contributed by atoms with van der Waals surface area (Å²) in [5, 5.41) is 15.2. The summed E-state index contributed by atoms with van der Waals surface area (Å²) < 4.78 is 0. The third-order valence-corrected chi connectivity index (χ3v) is 3.33. The van der Waals surface area contributed by atoms with Gasteiger partial charge in [-0.1, -0.05) is 6.92 Å². The maximum absolute atomic E-state index is 11.6. The molecule has 1 rings (SSSR count). The van der Waals surface area contributed by atoms with E-state index in [-0.39, 0.29) is 18.7 Å².